The predicted molar refractivity (Wildman–Crippen MR) is 49.9 cm³/mol. The topological polar surface area (TPSA) is 75.4 Å². The van der Waals surface area contributed by atoms with Crippen molar-refractivity contribution in [3.63, 3.8) is 0 Å². The van der Waals surface area contributed by atoms with E-state index in [9.17, 15) is 4.79 Å². The Morgan fingerprint density at radius 2 is 2.29 bits per heavy atom. The lowest BCUT2D eigenvalue weighted by atomic mass is 10.2. The van der Waals surface area contributed by atoms with Crippen LogP contribution in [0.25, 0.3) is 0 Å². The number of carbonyl (C=O) groups is 1. The average molecular weight is 198 g/mol. The van der Waals surface area contributed by atoms with E-state index in [2.05, 4.69) is 10.5 Å². The molecule has 0 radical (unpaired) electrons. The third-order valence-corrected chi connectivity index (χ3v) is 2.14. The molecule has 1 aromatic heterocycles. The lowest BCUT2D eigenvalue weighted by Crippen LogP contribution is -2.33. The molecule has 0 aromatic carbocycles. The van der Waals surface area contributed by atoms with Gasteiger partial charge in [-0.15, -0.1) is 0 Å². The van der Waals surface area contributed by atoms with Crippen molar-refractivity contribution in [3.8, 4) is 0 Å². The summed E-state index contributed by atoms with van der Waals surface area (Å²) >= 11 is 0. The van der Waals surface area contributed by atoms with Crippen LogP contribution in [-0.4, -0.2) is 22.3 Å². The van der Waals surface area contributed by atoms with E-state index >= 15 is 0 Å². The number of hydrogen-bond donors (Lipinski definition) is 2. The lowest BCUT2D eigenvalue weighted by molar-refractivity contribution is -0.139. The third-order valence-electron chi connectivity index (χ3n) is 2.14. The van der Waals surface area contributed by atoms with Crippen molar-refractivity contribution in [2.75, 3.05) is 0 Å². The quantitative estimate of drug-likeness (QED) is 0.750. The van der Waals surface area contributed by atoms with E-state index in [1.54, 1.807) is 6.92 Å². The standard InChI is InChI=1S/C9H14N2O3/c1-5-8(7(3)14-11-5)4-10-6(2)9(12)13/h6,10H,4H2,1-3H3,(H,12,13)/t6-/m0/s1. The van der Waals surface area contributed by atoms with Crippen molar-refractivity contribution < 1.29 is 14.4 Å². The second kappa shape index (κ2) is 4.23. The highest BCUT2D eigenvalue weighted by Crippen LogP contribution is 2.11. The van der Waals surface area contributed by atoms with E-state index in [-0.39, 0.29) is 0 Å². The zero-order chi connectivity index (χ0) is 10.7. The molecular weight excluding hydrogens is 184 g/mol. The van der Waals surface area contributed by atoms with Gasteiger partial charge in [-0.25, -0.2) is 0 Å². The number of carboxylic acids is 1. The van der Waals surface area contributed by atoms with E-state index < -0.39 is 12.0 Å². The molecule has 0 saturated heterocycles. The fraction of sp³-hybridized carbons (Fsp3) is 0.556. The highest BCUT2D eigenvalue weighted by atomic mass is 16.5. The van der Waals surface area contributed by atoms with Gasteiger partial charge in [-0.1, -0.05) is 5.16 Å². The van der Waals surface area contributed by atoms with Crippen LogP contribution in [0.1, 0.15) is 23.9 Å². The number of rotatable bonds is 4. The van der Waals surface area contributed by atoms with Crippen molar-refractivity contribution >= 4 is 5.97 Å². The number of aryl methyl sites for hydroxylation is 2. The monoisotopic (exact) mass is 198 g/mol. The van der Waals surface area contributed by atoms with Gasteiger partial charge in [0.15, 0.2) is 0 Å². The Labute approximate surface area is 82.1 Å². The molecule has 1 heterocycles. The Bertz CT molecular complexity index is 313. The van der Waals surface area contributed by atoms with Crippen molar-refractivity contribution in [2.45, 2.75) is 33.4 Å². The molecule has 0 bridgehead atoms. The highest BCUT2D eigenvalue weighted by molar-refractivity contribution is 5.72. The summed E-state index contributed by atoms with van der Waals surface area (Å²) in [5, 5.41) is 15.3. The summed E-state index contributed by atoms with van der Waals surface area (Å²) in [6.07, 6.45) is 0. The summed E-state index contributed by atoms with van der Waals surface area (Å²) in [5.41, 5.74) is 1.73. The van der Waals surface area contributed by atoms with Crippen LogP contribution >= 0.6 is 0 Å². The number of carboxylic acid groups (broad SMARTS) is 1. The molecule has 5 nitrogen and oxygen atoms in total. The molecule has 0 unspecified atom stereocenters. The molecule has 0 spiro atoms. The Balaban J connectivity index is 2.57. The summed E-state index contributed by atoms with van der Waals surface area (Å²) in [6.45, 7) is 5.70. The van der Waals surface area contributed by atoms with Crippen molar-refractivity contribution in [1.29, 1.82) is 0 Å². The van der Waals surface area contributed by atoms with Crippen LogP contribution < -0.4 is 5.32 Å². The summed E-state index contributed by atoms with van der Waals surface area (Å²) in [7, 11) is 0. The second-order valence-electron chi connectivity index (χ2n) is 3.24. The summed E-state index contributed by atoms with van der Waals surface area (Å²) in [6, 6.07) is -0.566. The smallest absolute Gasteiger partial charge is 0.320 e. The predicted octanol–water partition coefficient (Wildman–Crippen LogP) is 0.854. The normalized spacial score (nSPS) is 12.8. The first-order valence-electron chi connectivity index (χ1n) is 4.40. The number of nitrogens with one attached hydrogen (secondary N) is 1. The minimum atomic E-state index is -0.864. The van der Waals surface area contributed by atoms with Crippen LogP contribution in [0.15, 0.2) is 4.52 Å². The number of nitrogens with zero attached hydrogens (tertiary/aromatic N) is 1. The lowest BCUT2D eigenvalue weighted by Gasteiger charge is -2.07. The van der Waals surface area contributed by atoms with Crippen LogP contribution in [0.2, 0.25) is 0 Å². The maximum Gasteiger partial charge on any atom is 0.320 e. The molecule has 1 rings (SSSR count). The molecule has 14 heavy (non-hydrogen) atoms. The number of aromatic nitrogens is 1. The van der Waals surface area contributed by atoms with Gasteiger partial charge in [-0.3, -0.25) is 4.79 Å². The Morgan fingerprint density at radius 3 is 2.71 bits per heavy atom. The van der Waals surface area contributed by atoms with Gasteiger partial charge >= 0.3 is 5.97 Å². The van der Waals surface area contributed by atoms with Crippen LogP contribution in [-0.2, 0) is 11.3 Å². The van der Waals surface area contributed by atoms with Gasteiger partial charge in [0, 0.05) is 12.1 Å². The Kier molecular flexibility index (Phi) is 3.24. The summed E-state index contributed by atoms with van der Waals surface area (Å²) in [5.74, 6) is -0.135. The molecule has 0 amide bonds. The zero-order valence-corrected chi connectivity index (χ0v) is 8.50. The molecule has 78 valence electrons. The molecule has 5 heteroatoms. The van der Waals surface area contributed by atoms with Gasteiger partial charge in [-0.05, 0) is 20.8 Å². The van der Waals surface area contributed by atoms with E-state index in [0.717, 1.165) is 17.0 Å². The first-order valence-corrected chi connectivity index (χ1v) is 4.40. The van der Waals surface area contributed by atoms with E-state index in [1.807, 2.05) is 13.8 Å². The zero-order valence-electron chi connectivity index (χ0n) is 8.50. The molecular formula is C9H14N2O3. The molecule has 1 aromatic rings. The SMILES string of the molecule is Cc1noc(C)c1CN[C@@H](C)C(=O)O. The first-order chi connectivity index (χ1) is 6.52. The van der Waals surface area contributed by atoms with Crippen LogP contribution in [0, 0.1) is 13.8 Å². The average Bonchev–Trinajstić information content (AvgIpc) is 2.43. The second-order valence-corrected chi connectivity index (χ2v) is 3.24. The molecule has 0 fully saturated rings. The largest absolute Gasteiger partial charge is 0.480 e. The molecule has 1 atom stereocenters. The number of aliphatic carboxylic acids is 1. The Hall–Kier alpha value is -1.36. The van der Waals surface area contributed by atoms with Crippen LogP contribution in [0.5, 0.6) is 0 Å². The first kappa shape index (κ1) is 10.7. The molecule has 0 aliphatic rings. The third kappa shape index (κ3) is 2.32. The molecule has 0 saturated carbocycles. The van der Waals surface area contributed by atoms with Crippen molar-refractivity contribution in [3.05, 3.63) is 17.0 Å². The van der Waals surface area contributed by atoms with E-state index in [1.165, 1.54) is 0 Å². The fourth-order valence-electron chi connectivity index (χ4n) is 1.10. The maximum atomic E-state index is 10.5. The van der Waals surface area contributed by atoms with Crippen LogP contribution in [0.3, 0.4) is 0 Å². The summed E-state index contributed by atoms with van der Waals surface area (Å²) in [4.78, 5) is 10.5. The minimum absolute atomic E-state index is 0.467. The van der Waals surface area contributed by atoms with Gasteiger partial charge in [0.25, 0.3) is 0 Å². The summed E-state index contributed by atoms with van der Waals surface area (Å²) < 4.78 is 4.95. The highest BCUT2D eigenvalue weighted by Gasteiger charge is 2.13. The molecule has 0 aliphatic carbocycles. The fourth-order valence-corrected chi connectivity index (χ4v) is 1.10. The maximum absolute atomic E-state index is 10.5. The van der Waals surface area contributed by atoms with Gasteiger partial charge in [-0.2, -0.15) is 0 Å². The van der Waals surface area contributed by atoms with Crippen LogP contribution in [0.4, 0.5) is 0 Å². The van der Waals surface area contributed by atoms with Crippen molar-refractivity contribution in [1.82, 2.24) is 10.5 Å². The molecule has 2 N–H and O–H groups in total. The van der Waals surface area contributed by atoms with E-state index in [4.69, 9.17) is 9.63 Å². The van der Waals surface area contributed by atoms with Gasteiger partial charge in [0.1, 0.15) is 11.8 Å². The molecule has 0 aliphatic heterocycles. The minimum Gasteiger partial charge on any atom is -0.480 e. The van der Waals surface area contributed by atoms with Gasteiger partial charge in [0.05, 0.1) is 5.69 Å². The Morgan fingerprint density at radius 1 is 1.64 bits per heavy atom. The van der Waals surface area contributed by atoms with Gasteiger partial charge in [0.2, 0.25) is 0 Å². The van der Waals surface area contributed by atoms with E-state index in [0.29, 0.717) is 6.54 Å². The van der Waals surface area contributed by atoms with Crippen molar-refractivity contribution in [2.24, 2.45) is 0 Å². The number of hydrogen-bond acceptors (Lipinski definition) is 4. The van der Waals surface area contributed by atoms with Gasteiger partial charge < -0.3 is 14.9 Å².